The molecule has 0 unspecified atom stereocenters. The number of nitriles is 1. The molecule has 0 radical (unpaired) electrons. The molecule has 0 heterocycles. The fraction of sp³-hybridized carbons (Fsp3) is 0.133. The molecule has 3 nitrogen and oxygen atoms in total. The van der Waals surface area contributed by atoms with E-state index in [1.165, 1.54) is 7.11 Å². The number of benzene rings is 2. The van der Waals surface area contributed by atoms with E-state index in [9.17, 15) is 8.78 Å². The van der Waals surface area contributed by atoms with Crippen molar-refractivity contribution in [1.29, 1.82) is 5.26 Å². The molecular formula is C15H11BrF2N2O. The first kappa shape index (κ1) is 15.3. The molecule has 0 fully saturated rings. The van der Waals surface area contributed by atoms with Crippen molar-refractivity contribution in [3.8, 4) is 11.8 Å². The summed E-state index contributed by atoms with van der Waals surface area (Å²) in [5.41, 5.74) is 0.496. The van der Waals surface area contributed by atoms with Crippen LogP contribution in [0.15, 0.2) is 34.8 Å². The molecule has 0 bridgehead atoms. The van der Waals surface area contributed by atoms with E-state index in [0.29, 0.717) is 11.4 Å². The Morgan fingerprint density at radius 1 is 1.19 bits per heavy atom. The average Bonchev–Trinajstić information content (AvgIpc) is 2.45. The first-order valence-corrected chi connectivity index (χ1v) is 6.79. The molecule has 0 aliphatic heterocycles. The predicted molar refractivity (Wildman–Crippen MR) is 79.1 cm³/mol. The van der Waals surface area contributed by atoms with Gasteiger partial charge in [0.05, 0.1) is 18.7 Å². The van der Waals surface area contributed by atoms with Crippen LogP contribution in [0.25, 0.3) is 0 Å². The lowest BCUT2D eigenvalue weighted by atomic mass is 10.1. The highest BCUT2D eigenvalue weighted by atomic mass is 79.9. The van der Waals surface area contributed by atoms with Crippen molar-refractivity contribution in [2.75, 3.05) is 12.4 Å². The quantitative estimate of drug-likeness (QED) is 0.895. The van der Waals surface area contributed by atoms with E-state index in [4.69, 9.17) is 10.00 Å². The van der Waals surface area contributed by atoms with E-state index in [0.717, 1.165) is 16.6 Å². The summed E-state index contributed by atoms with van der Waals surface area (Å²) in [5.74, 6) is -0.880. The lowest BCUT2D eigenvalue weighted by molar-refractivity contribution is 0.414. The van der Waals surface area contributed by atoms with Crippen LogP contribution in [-0.4, -0.2) is 7.11 Å². The Bertz CT molecular complexity index is 690. The fourth-order valence-electron chi connectivity index (χ4n) is 1.81. The minimum absolute atomic E-state index is 0.0387. The topological polar surface area (TPSA) is 45.0 Å². The number of anilines is 1. The molecule has 0 atom stereocenters. The van der Waals surface area contributed by atoms with E-state index in [2.05, 4.69) is 21.2 Å². The van der Waals surface area contributed by atoms with Gasteiger partial charge in [-0.3, -0.25) is 0 Å². The van der Waals surface area contributed by atoms with Gasteiger partial charge in [0.15, 0.2) is 0 Å². The van der Waals surface area contributed by atoms with Gasteiger partial charge in [-0.25, -0.2) is 8.78 Å². The SMILES string of the molecule is COc1cc(Br)cc(NCc2c(F)cc(C#N)cc2F)c1. The number of nitrogens with one attached hydrogen (secondary N) is 1. The highest BCUT2D eigenvalue weighted by molar-refractivity contribution is 9.10. The van der Waals surface area contributed by atoms with E-state index < -0.39 is 11.6 Å². The summed E-state index contributed by atoms with van der Waals surface area (Å²) < 4.78 is 33.4. The normalized spacial score (nSPS) is 10.0. The first-order chi connectivity index (χ1) is 10.0. The minimum Gasteiger partial charge on any atom is -0.497 e. The lowest BCUT2D eigenvalue weighted by Crippen LogP contribution is -2.05. The molecule has 0 aromatic heterocycles. The Labute approximate surface area is 129 Å². The zero-order valence-corrected chi connectivity index (χ0v) is 12.7. The Morgan fingerprint density at radius 3 is 2.43 bits per heavy atom. The van der Waals surface area contributed by atoms with Crippen LogP contribution in [0.4, 0.5) is 14.5 Å². The number of methoxy groups -OCH3 is 1. The van der Waals surface area contributed by atoms with Crippen molar-refractivity contribution in [3.63, 3.8) is 0 Å². The molecule has 0 saturated carbocycles. The molecule has 0 spiro atoms. The standard InChI is InChI=1S/C15H11BrF2N2O/c1-21-12-5-10(16)4-11(6-12)20-8-13-14(17)2-9(7-19)3-15(13)18/h2-6,20H,8H2,1H3. The molecular weight excluding hydrogens is 342 g/mol. The molecule has 108 valence electrons. The summed E-state index contributed by atoms with van der Waals surface area (Å²) in [6.45, 7) is -0.0387. The summed E-state index contributed by atoms with van der Waals surface area (Å²) in [5, 5.41) is 11.6. The number of nitrogens with zero attached hydrogens (tertiary/aromatic N) is 1. The van der Waals surface area contributed by atoms with Gasteiger partial charge >= 0.3 is 0 Å². The van der Waals surface area contributed by atoms with E-state index in [-0.39, 0.29) is 17.7 Å². The average molecular weight is 353 g/mol. The number of rotatable bonds is 4. The van der Waals surface area contributed by atoms with Crippen molar-refractivity contribution in [1.82, 2.24) is 0 Å². The number of hydrogen-bond donors (Lipinski definition) is 1. The Balaban J connectivity index is 2.21. The van der Waals surface area contributed by atoms with Gasteiger partial charge in [-0.2, -0.15) is 5.26 Å². The van der Waals surface area contributed by atoms with Gasteiger partial charge in [0, 0.05) is 28.3 Å². The van der Waals surface area contributed by atoms with Gasteiger partial charge in [0.25, 0.3) is 0 Å². The van der Waals surface area contributed by atoms with Crippen LogP contribution in [0.2, 0.25) is 0 Å². The monoisotopic (exact) mass is 352 g/mol. The Morgan fingerprint density at radius 2 is 1.86 bits per heavy atom. The third-order valence-electron chi connectivity index (χ3n) is 2.85. The first-order valence-electron chi connectivity index (χ1n) is 6.00. The van der Waals surface area contributed by atoms with Crippen LogP contribution >= 0.6 is 15.9 Å². The highest BCUT2D eigenvalue weighted by Crippen LogP contribution is 2.25. The molecule has 0 aliphatic carbocycles. The zero-order valence-electron chi connectivity index (χ0n) is 11.1. The van der Waals surface area contributed by atoms with Crippen LogP contribution in [0.5, 0.6) is 5.75 Å². The lowest BCUT2D eigenvalue weighted by Gasteiger charge is -2.11. The molecule has 0 amide bonds. The van der Waals surface area contributed by atoms with Crippen LogP contribution in [-0.2, 0) is 6.54 Å². The summed E-state index contributed by atoms with van der Waals surface area (Å²) in [4.78, 5) is 0. The van der Waals surface area contributed by atoms with Crippen molar-refractivity contribution in [3.05, 3.63) is 57.6 Å². The number of ether oxygens (including phenoxy) is 1. The Kier molecular flexibility index (Phi) is 4.76. The van der Waals surface area contributed by atoms with Crippen LogP contribution in [0.3, 0.4) is 0 Å². The fourth-order valence-corrected chi connectivity index (χ4v) is 2.28. The van der Waals surface area contributed by atoms with Gasteiger partial charge < -0.3 is 10.1 Å². The molecule has 21 heavy (non-hydrogen) atoms. The van der Waals surface area contributed by atoms with Crippen molar-refractivity contribution in [2.45, 2.75) is 6.54 Å². The second kappa shape index (κ2) is 6.55. The molecule has 2 rings (SSSR count). The van der Waals surface area contributed by atoms with Gasteiger partial charge in [-0.1, -0.05) is 15.9 Å². The second-order valence-electron chi connectivity index (χ2n) is 4.26. The van der Waals surface area contributed by atoms with E-state index in [1.54, 1.807) is 24.3 Å². The number of hydrogen-bond acceptors (Lipinski definition) is 3. The summed E-state index contributed by atoms with van der Waals surface area (Å²) in [6.07, 6.45) is 0. The maximum absolute atomic E-state index is 13.8. The molecule has 1 N–H and O–H groups in total. The van der Waals surface area contributed by atoms with Crippen LogP contribution < -0.4 is 10.1 Å². The molecule has 0 saturated heterocycles. The maximum Gasteiger partial charge on any atom is 0.132 e. The molecule has 2 aromatic rings. The predicted octanol–water partition coefficient (Wildman–Crippen LogP) is 4.22. The highest BCUT2D eigenvalue weighted by Gasteiger charge is 2.11. The van der Waals surface area contributed by atoms with Gasteiger partial charge in [0.2, 0.25) is 0 Å². The second-order valence-corrected chi connectivity index (χ2v) is 5.18. The largest absolute Gasteiger partial charge is 0.497 e. The zero-order chi connectivity index (χ0) is 15.4. The van der Waals surface area contributed by atoms with Crippen molar-refractivity contribution < 1.29 is 13.5 Å². The van der Waals surface area contributed by atoms with Crippen molar-refractivity contribution >= 4 is 21.6 Å². The maximum atomic E-state index is 13.8. The molecule has 2 aromatic carbocycles. The van der Waals surface area contributed by atoms with Crippen molar-refractivity contribution in [2.24, 2.45) is 0 Å². The summed E-state index contributed by atoms with van der Waals surface area (Å²) in [6, 6.07) is 8.99. The van der Waals surface area contributed by atoms with E-state index >= 15 is 0 Å². The van der Waals surface area contributed by atoms with Gasteiger partial charge in [-0.15, -0.1) is 0 Å². The smallest absolute Gasteiger partial charge is 0.132 e. The third kappa shape index (κ3) is 3.70. The molecule has 0 aliphatic rings. The van der Waals surface area contributed by atoms with Gasteiger partial charge in [0.1, 0.15) is 17.4 Å². The summed E-state index contributed by atoms with van der Waals surface area (Å²) >= 11 is 3.32. The van der Waals surface area contributed by atoms with E-state index in [1.807, 2.05) is 0 Å². The Hall–Kier alpha value is -2.13. The third-order valence-corrected chi connectivity index (χ3v) is 3.30. The van der Waals surface area contributed by atoms with Crippen LogP contribution in [0, 0.1) is 23.0 Å². The van der Waals surface area contributed by atoms with Gasteiger partial charge in [-0.05, 0) is 24.3 Å². The number of halogens is 3. The van der Waals surface area contributed by atoms with Crippen LogP contribution in [0.1, 0.15) is 11.1 Å². The summed E-state index contributed by atoms with van der Waals surface area (Å²) in [7, 11) is 1.53. The molecule has 6 heteroatoms. The minimum atomic E-state index is -0.749.